The molecule has 0 bridgehead atoms. The highest BCUT2D eigenvalue weighted by atomic mass is 35.5. The maximum absolute atomic E-state index is 12.1. The summed E-state index contributed by atoms with van der Waals surface area (Å²) in [7, 11) is -3.90. The zero-order valence-electron chi connectivity index (χ0n) is 11.1. The summed E-state index contributed by atoms with van der Waals surface area (Å²) in [5.74, 6) is -0.262. The van der Waals surface area contributed by atoms with Crippen LogP contribution >= 0.6 is 46.4 Å². The van der Waals surface area contributed by atoms with Gasteiger partial charge in [-0.3, -0.25) is 0 Å². The molecule has 0 unspecified atom stereocenters. The minimum absolute atomic E-state index is 0.0197. The molecule has 0 aliphatic rings. The highest BCUT2D eigenvalue weighted by Crippen LogP contribution is 2.32. The minimum atomic E-state index is -3.90. The fourth-order valence-electron chi connectivity index (χ4n) is 1.53. The van der Waals surface area contributed by atoms with Gasteiger partial charge in [-0.2, -0.15) is 13.5 Å². The molecule has 2 rings (SSSR count). The van der Waals surface area contributed by atoms with Gasteiger partial charge in [0.2, 0.25) is 0 Å². The van der Waals surface area contributed by atoms with Crippen LogP contribution in [0, 0.1) is 0 Å². The van der Waals surface area contributed by atoms with Crippen molar-refractivity contribution in [2.45, 2.75) is 4.90 Å². The second kappa shape index (κ2) is 7.15. The van der Waals surface area contributed by atoms with Crippen molar-refractivity contribution in [1.82, 2.24) is 4.83 Å². The molecule has 10 heteroatoms. The van der Waals surface area contributed by atoms with E-state index in [4.69, 9.17) is 46.4 Å². The van der Waals surface area contributed by atoms with Gasteiger partial charge in [-0.15, -0.1) is 0 Å². The number of benzene rings is 2. The third-order valence-electron chi connectivity index (χ3n) is 2.63. The lowest BCUT2D eigenvalue weighted by Gasteiger charge is -2.05. The van der Waals surface area contributed by atoms with E-state index in [1.807, 2.05) is 4.83 Å². The van der Waals surface area contributed by atoms with Crippen molar-refractivity contribution >= 4 is 62.6 Å². The summed E-state index contributed by atoms with van der Waals surface area (Å²) in [5.41, 5.74) is 0.398. The molecule has 0 heterocycles. The summed E-state index contributed by atoms with van der Waals surface area (Å²) in [4.78, 5) is 1.92. The van der Waals surface area contributed by atoms with Crippen LogP contribution in [0.3, 0.4) is 0 Å². The number of aromatic hydroxyl groups is 1. The Labute approximate surface area is 152 Å². The first-order valence-corrected chi connectivity index (χ1v) is 8.88. The maximum atomic E-state index is 12.1. The summed E-state index contributed by atoms with van der Waals surface area (Å²) < 4.78 is 24.1. The van der Waals surface area contributed by atoms with E-state index in [9.17, 15) is 13.5 Å². The third kappa shape index (κ3) is 4.43. The molecule has 0 aliphatic carbocycles. The Morgan fingerprint density at radius 3 is 2.13 bits per heavy atom. The summed E-state index contributed by atoms with van der Waals surface area (Å²) in [6.45, 7) is 0. The number of rotatable bonds is 4. The lowest BCUT2D eigenvalue weighted by atomic mass is 10.2. The summed E-state index contributed by atoms with van der Waals surface area (Å²) >= 11 is 23.0. The molecule has 2 N–H and O–H groups in total. The van der Waals surface area contributed by atoms with Gasteiger partial charge < -0.3 is 5.11 Å². The second-order valence-electron chi connectivity index (χ2n) is 4.26. The fraction of sp³-hybridized carbons (Fsp3) is 0. The summed E-state index contributed by atoms with van der Waals surface area (Å²) in [6.07, 6.45) is 1.19. The highest BCUT2D eigenvalue weighted by Gasteiger charge is 2.14. The number of hydrogen-bond donors (Lipinski definition) is 2. The molecule has 122 valence electrons. The van der Waals surface area contributed by atoms with Crippen molar-refractivity contribution in [1.29, 1.82) is 0 Å². The number of hydrogen-bond acceptors (Lipinski definition) is 4. The van der Waals surface area contributed by atoms with Gasteiger partial charge in [-0.05, 0) is 35.9 Å². The van der Waals surface area contributed by atoms with Crippen LogP contribution in [0.15, 0.2) is 40.3 Å². The zero-order valence-corrected chi connectivity index (χ0v) is 14.9. The highest BCUT2D eigenvalue weighted by molar-refractivity contribution is 7.89. The van der Waals surface area contributed by atoms with Gasteiger partial charge >= 0.3 is 0 Å². The number of nitrogens with zero attached hydrogens (tertiary/aromatic N) is 1. The zero-order chi connectivity index (χ0) is 17.2. The first-order chi connectivity index (χ1) is 10.7. The SMILES string of the molecule is O=S(=O)(N/N=C/c1cc(Cl)c(O)c(Cl)c1)c1ccc(Cl)c(Cl)c1. The Hall–Kier alpha value is -1.18. The molecule has 0 radical (unpaired) electrons. The van der Waals surface area contributed by atoms with Crippen molar-refractivity contribution in [2.75, 3.05) is 0 Å². The lowest BCUT2D eigenvalue weighted by Crippen LogP contribution is -2.18. The number of phenolic OH excluding ortho intramolecular Hbond substituents is 1. The van der Waals surface area contributed by atoms with E-state index < -0.39 is 10.0 Å². The molecule has 0 spiro atoms. The number of nitrogens with one attached hydrogen (secondary N) is 1. The van der Waals surface area contributed by atoms with Gasteiger partial charge in [0.25, 0.3) is 10.0 Å². The maximum Gasteiger partial charge on any atom is 0.276 e. The molecule has 0 atom stereocenters. The van der Waals surface area contributed by atoms with Crippen molar-refractivity contribution in [3.63, 3.8) is 0 Å². The van der Waals surface area contributed by atoms with E-state index in [1.165, 1.54) is 36.5 Å². The van der Waals surface area contributed by atoms with Crippen LogP contribution in [-0.4, -0.2) is 19.7 Å². The normalized spacial score (nSPS) is 11.8. The van der Waals surface area contributed by atoms with Gasteiger partial charge in [0.1, 0.15) is 0 Å². The number of halogens is 4. The van der Waals surface area contributed by atoms with Gasteiger partial charge in [0.05, 0.1) is 31.2 Å². The van der Waals surface area contributed by atoms with E-state index in [-0.39, 0.29) is 30.7 Å². The standard InChI is InChI=1S/C13H8Cl4N2O3S/c14-9-2-1-8(5-10(9)15)23(21,22)19-18-6-7-3-11(16)13(20)12(17)4-7/h1-6,19-20H/b18-6+. The largest absolute Gasteiger partial charge is 0.505 e. The van der Waals surface area contributed by atoms with E-state index in [0.717, 1.165) is 0 Å². The van der Waals surface area contributed by atoms with Crippen LogP contribution in [0.4, 0.5) is 0 Å². The molecular weight excluding hydrogens is 406 g/mol. The average Bonchev–Trinajstić information content (AvgIpc) is 2.47. The Balaban J connectivity index is 2.20. The van der Waals surface area contributed by atoms with Crippen LogP contribution in [0.1, 0.15) is 5.56 Å². The Bertz CT molecular complexity index is 862. The molecule has 5 nitrogen and oxygen atoms in total. The van der Waals surface area contributed by atoms with E-state index >= 15 is 0 Å². The number of phenols is 1. The predicted octanol–water partition coefficient (Wildman–Crippen LogP) is 4.32. The molecule has 2 aromatic carbocycles. The Morgan fingerprint density at radius 1 is 0.957 bits per heavy atom. The molecule has 0 aliphatic heterocycles. The van der Waals surface area contributed by atoms with Crippen LogP contribution in [0.25, 0.3) is 0 Å². The van der Waals surface area contributed by atoms with Crippen LogP contribution < -0.4 is 4.83 Å². The average molecular weight is 414 g/mol. The molecular formula is C13H8Cl4N2O3S. The first-order valence-electron chi connectivity index (χ1n) is 5.88. The monoisotopic (exact) mass is 412 g/mol. The predicted molar refractivity (Wildman–Crippen MR) is 92.5 cm³/mol. The van der Waals surface area contributed by atoms with E-state index in [0.29, 0.717) is 5.56 Å². The van der Waals surface area contributed by atoms with E-state index in [1.54, 1.807) is 0 Å². The van der Waals surface area contributed by atoms with Crippen molar-refractivity contribution in [2.24, 2.45) is 5.10 Å². The van der Waals surface area contributed by atoms with Gasteiger partial charge in [-0.25, -0.2) is 4.83 Å². The molecule has 0 saturated heterocycles. The topological polar surface area (TPSA) is 78.8 Å². The van der Waals surface area contributed by atoms with Crippen LogP contribution in [-0.2, 0) is 10.0 Å². The van der Waals surface area contributed by atoms with Crippen molar-refractivity contribution in [3.8, 4) is 5.75 Å². The molecule has 0 amide bonds. The molecule has 0 saturated carbocycles. The van der Waals surface area contributed by atoms with Crippen molar-refractivity contribution in [3.05, 3.63) is 56.0 Å². The number of sulfonamides is 1. The molecule has 0 aromatic heterocycles. The summed E-state index contributed by atoms with van der Waals surface area (Å²) in [5, 5.41) is 13.4. The van der Waals surface area contributed by atoms with Gasteiger partial charge in [0, 0.05) is 0 Å². The number of hydrazone groups is 1. The van der Waals surface area contributed by atoms with Crippen LogP contribution in [0.2, 0.25) is 20.1 Å². The van der Waals surface area contributed by atoms with Crippen molar-refractivity contribution < 1.29 is 13.5 Å². The minimum Gasteiger partial charge on any atom is -0.505 e. The quantitative estimate of drug-likeness (QED) is 0.578. The molecule has 0 fully saturated rings. The first kappa shape index (κ1) is 18.2. The second-order valence-corrected chi connectivity index (χ2v) is 7.55. The summed E-state index contributed by atoms with van der Waals surface area (Å²) in [6, 6.07) is 6.61. The smallest absolute Gasteiger partial charge is 0.276 e. The fourth-order valence-corrected chi connectivity index (χ4v) is 3.21. The third-order valence-corrected chi connectivity index (χ3v) is 5.16. The molecule has 23 heavy (non-hydrogen) atoms. The van der Waals surface area contributed by atoms with Gasteiger partial charge in [0.15, 0.2) is 5.75 Å². The molecule has 2 aromatic rings. The van der Waals surface area contributed by atoms with Crippen LogP contribution in [0.5, 0.6) is 5.75 Å². The lowest BCUT2D eigenvalue weighted by molar-refractivity contribution is 0.476. The van der Waals surface area contributed by atoms with Gasteiger partial charge in [-0.1, -0.05) is 46.4 Å². The Morgan fingerprint density at radius 2 is 1.57 bits per heavy atom. The van der Waals surface area contributed by atoms with E-state index in [2.05, 4.69) is 5.10 Å². The Kier molecular flexibility index (Phi) is 5.65.